The van der Waals surface area contributed by atoms with E-state index < -0.39 is 0 Å². The first-order chi connectivity index (χ1) is 12.8. The fourth-order valence-corrected chi connectivity index (χ4v) is 3.30. The van der Waals surface area contributed by atoms with E-state index in [4.69, 9.17) is 0 Å². The fraction of sp³-hybridized carbons (Fsp3) is 0.0500. The Morgan fingerprint density at radius 2 is 1.85 bits per heavy atom. The molecule has 2 aromatic heterocycles. The molecule has 0 bridgehead atoms. The fourth-order valence-electron chi connectivity index (χ4n) is 2.58. The van der Waals surface area contributed by atoms with E-state index in [1.807, 2.05) is 76.9 Å². The van der Waals surface area contributed by atoms with Crippen molar-refractivity contribution in [2.24, 2.45) is 0 Å². The minimum absolute atomic E-state index is 0.162. The molecule has 2 heterocycles. The van der Waals surface area contributed by atoms with E-state index in [1.165, 1.54) is 11.3 Å². The van der Waals surface area contributed by atoms with Gasteiger partial charge in [0.15, 0.2) is 5.13 Å². The monoisotopic (exact) mass is 360 g/mol. The van der Waals surface area contributed by atoms with Crippen LogP contribution < -0.4 is 5.32 Å². The molecule has 0 unspecified atom stereocenters. The summed E-state index contributed by atoms with van der Waals surface area (Å²) in [5, 5.41) is 9.58. The lowest BCUT2D eigenvalue weighted by molar-refractivity contribution is 0.102. The van der Waals surface area contributed by atoms with Gasteiger partial charge in [0, 0.05) is 28.9 Å². The molecule has 2 aromatic carbocycles. The summed E-state index contributed by atoms with van der Waals surface area (Å²) in [5.41, 5.74) is 3.59. The summed E-state index contributed by atoms with van der Waals surface area (Å²) in [6.07, 6.45) is 3.66. The molecule has 0 atom stereocenters. The zero-order chi connectivity index (χ0) is 17.8. The second-order valence-electron chi connectivity index (χ2n) is 5.76. The Morgan fingerprint density at radius 1 is 1.04 bits per heavy atom. The molecular weight excluding hydrogens is 344 g/mol. The average Bonchev–Trinajstić information content (AvgIpc) is 3.35. The number of hydrogen-bond acceptors (Lipinski definition) is 4. The van der Waals surface area contributed by atoms with Crippen molar-refractivity contribution in [3.63, 3.8) is 0 Å². The first-order valence-electron chi connectivity index (χ1n) is 8.16. The maximum Gasteiger partial charge on any atom is 0.257 e. The number of benzene rings is 2. The summed E-state index contributed by atoms with van der Waals surface area (Å²) in [6.45, 7) is 0.682. The van der Waals surface area contributed by atoms with Crippen LogP contribution in [-0.4, -0.2) is 20.7 Å². The molecule has 0 aliphatic heterocycles. The van der Waals surface area contributed by atoms with Crippen LogP contribution in [0.25, 0.3) is 11.3 Å². The van der Waals surface area contributed by atoms with Gasteiger partial charge in [-0.3, -0.25) is 14.8 Å². The Kier molecular flexibility index (Phi) is 4.57. The lowest BCUT2D eigenvalue weighted by atomic mass is 10.1. The van der Waals surface area contributed by atoms with Crippen LogP contribution >= 0.6 is 11.3 Å². The number of carbonyl (C=O) groups is 1. The van der Waals surface area contributed by atoms with Crippen LogP contribution in [0.15, 0.2) is 78.4 Å². The highest BCUT2D eigenvalue weighted by Crippen LogP contribution is 2.25. The Bertz CT molecular complexity index is 992. The molecule has 0 spiro atoms. The molecule has 4 aromatic rings. The van der Waals surface area contributed by atoms with Gasteiger partial charge in [0.25, 0.3) is 5.91 Å². The average molecular weight is 360 g/mol. The maximum atomic E-state index is 12.4. The number of nitrogens with one attached hydrogen (secondary N) is 1. The number of amides is 1. The van der Waals surface area contributed by atoms with Crippen molar-refractivity contribution in [1.29, 1.82) is 0 Å². The van der Waals surface area contributed by atoms with Gasteiger partial charge in [0.2, 0.25) is 0 Å². The van der Waals surface area contributed by atoms with Crippen molar-refractivity contribution in [3.05, 3.63) is 89.6 Å². The van der Waals surface area contributed by atoms with Crippen molar-refractivity contribution in [2.75, 3.05) is 5.32 Å². The second kappa shape index (κ2) is 7.33. The van der Waals surface area contributed by atoms with E-state index in [0.29, 0.717) is 17.2 Å². The summed E-state index contributed by atoms with van der Waals surface area (Å²) in [4.78, 5) is 16.9. The largest absolute Gasteiger partial charge is 0.298 e. The third kappa shape index (κ3) is 3.70. The van der Waals surface area contributed by atoms with Crippen LogP contribution in [0.4, 0.5) is 5.13 Å². The third-order valence-electron chi connectivity index (χ3n) is 3.91. The predicted molar refractivity (Wildman–Crippen MR) is 103 cm³/mol. The lowest BCUT2D eigenvalue weighted by Gasteiger charge is -2.05. The van der Waals surface area contributed by atoms with Gasteiger partial charge in [-0.2, -0.15) is 5.10 Å². The van der Waals surface area contributed by atoms with Crippen LogP contribution in [-0.2, 0) is 6.54 Å². The normalized spacial score (nSPS) is 10.6. The highest BCUT2D eigenvalue weighted by molar-refractivity contribution is 7.14. The Balaban J connectivity index is 1.42. The zero-order valence-corrected chi connectivity index (χ0v) is 14.7. The molecule has 1 N–H and O–H groups in total. The van der Waals surface area contributed by atoms with Crippen molar-refractivity contribution < 1.29 is 4.79 Å². The van der Waals surface area contributed by atoms with Gasteiger partial charge in [-0.15, -0.1) is 11.3 Å². The number of nitrogens with zero attached hydrogens (tertiary/aromatic N) is 3. The molecule has 0 aliphatic carbocycles. The Labute approximate surface area is 155 Å². The second-order valence-corrected chi connectivity index (χ2v) is 6.62. The molecule has 0 fully saturated rings. The molecule has 26 heavy (non-hydrogen) atoms. The van der Waals surface area contributed by atoms with E-state index in [9.17, 15) is 4.79 Å². The summed E-state index contributed by atoms with van der Waals surface area (Å²) in [5.74, 6) is -0.162. The molecule has 0 saturated heterocycles. The number of aromatic nitrogens is 3. The minimum Gasteiger partial charge on any atom is -0.298 e. The van der Waals surface area contributed by atoms with Crippen molar-refractivity contribution in [1.82, 2.24) is 14.8 Å². The van der Waals surface area contributed by atoms with Crippen LogP contribution in [0.3, 0.4) is 0 Å². The van der Waals surface area contributed by atoms with Crippen LogP contribution in [0.5, 0.6) is 0 Å². The summed E-state index contributed by atoms with van der Waals surface area (Å²) in [7, 11) is 0. The molecule has 4 rings (SSSR count). The topological polar surface area (TPSA) is 59.8 Å². The quantitative estimate of drug-likeness (QED) is 0.577. The van der Waals surface area contributed by atoms with E-state index in [0.717, 1.165) is 16.8 Å². The molecule has 128 valence electrons. The maximum absolute atomic E-state index is 12.4. The van der Waals surface area contributed by atoms with Crippen molar-refractivity contribution in [2.45, 2.75) is 6.54 Å². The number of thiazole rings is 1. The van der Waals surface area contributed by atoms with E-state index >= 15 is 0 Å². The smallest absolute Gasteiger partial charge is 0.257 e. The zero-order valence-electron chi connectivity index (χ0n) is 13.9. The number of hydrogen-bond donors (Lipinski definition) is 1. The molecule has 0 radical (unpaired) electrons. The molecule has 0 aliphatic rings. The summed E-state index contributed by atoms with van der Waals surface area (Å²) >= 11 is 1.42. The van der Waals surface area contributed by atoms with Crippen LogP contribution in [0.2, 0.25) is 0 Å². The third-order valence-corrected chi connectivity index (χ3v) is 4.67. The van der Waals surface area contributed by atoms with Crippen molar-refractivity contribution in [3.8, 4) is 11.3 Å². The molecule has 1 amide bonds. The van der Waals surface area contributed by atoms with Gasteiger partial charge in [0.1, 0.15) is 0 Å². The number of anilines is 1. The Morgan fingerprint density at radius 3 is 2.58 bits per heavy atom. The lowest BCUT2D eigenvalue weighted by Crippen LogP contribution is -2.11. The first-order valence-corrected chi connectivity index (χ1v) is 9.04. The van der Waals surface area contributed by atoms with Gasteiger partial charge >= 0.3 is 0 Å². The standard InChI is InChI=1S/C20H16N4OS/c25-19(17-9-7-15(8-10-17)13-24-12-4-11-21-24)23-20-22-18(14-26-20)16-5-2-1-3-6-16/h1-12,14H,13H2,(H,22,23,25). The molecule has 6 heteroatoms. The van der Waals surface area contributed by atoms with Gasteiger partial charge in [0.05, 0.1) is 12.2 Å². The molecular formula is C20H16N4OS. The van der Waals surface area contributed by atoms with Crippen LogP contribution in [0.1, 0.15) is 15.9 Å². The molecule has 0 saturated carbocycles. The van der Waals surface area contributed by atoms with E-state index in [-0.39, 0.29) is 5.91 Å². The number of rotatable bonds is 5. The first kappa shape index (κ1) is 16.2. The van der Waals surface area contributed by atoms with Gasteiger partial charge in [-0.1, -0.05) is 42.5 Å². The van der Waals surface area contributed by atoms with E-state index in [2.05, 4.69) is 15.4 Å². The van der Waals surface area contributed by atoms with Gasteiger partial charge < -0.3 is 0 Å². The summed E-state index contributed by atoms with van der Waals surface area (Å²) in [6, 6.07) is 19.3. The minimum atomic E-state index is -0.162. The van der Waals surface area contributed by atoms with Crippen molar-refractivity contribution >= 4 is 22.4 Å². The predicted octanol–water partition coefficient (Wildman–Crippen LogP) is 4.31. The van der Waals surface area contributed by atoms with Crippen LogP contribution in [0, 0.1) is 0 Å². The SMILES string of the molecule is O=C(Nc1nc(-c2ccccc2)cs1)c1ccc(Cn2cccn2)cc1. The summed E-state index contributed by atoms with van der Waals surface area (Å²) < 4.78 is 1.84. The number of carbonyl (C=O) groups excluding carboxylic acids is 1. The van der Waals surface area contributed by atoms with E-state index in [1.54, 1.807) is 6.20 Å². The molecule has 5 nitrogen and oxygen atoms in total. The highest BCUT2D eigenvalue weighted by Gasteiger charge is 2.10. The Hall–Kier alpha value is -3.25. The van der Waals surface area contributed by atoms with Gasteiger partial charge in [-0.05, 0) is 23.8 Å². The van der Waals surface area contributed by atoms with Gasteiger partial charge in [-0.25, -0.2) is 4.98 Å². The highest BCUT2D eigenvalue weighted by atomic mass is 32.1.